The fraction of sp³-hybridized carbons (Fsp3) is 0.222. The maximum atomic E-state index is 12.8. The zero-order chi connectivity index (χ0) is 24.6. The van der Waals surface area contributed by atoms with Gasteiger partial charge in [-0.3, -0.25) is 4.90 Å². The first kappa shape index (κ1) is 23.8. The highest BCUT2D eigenvalue weighted by Gasteiger charge is 2.36. The number of alkyl carbamates (subject to hydrolysis) is 1. The van der Waals surface area contributed by atoms with E-state index in [1.54, 1.807) is 6.07 Å². The van der Waals surface area contributed by atoms with Crippen LogP contribution in [0.15, 0.2) is 84.9 Å². The van der Waals surface area contributed by atoms with Crippen LogP contribution in [0.5, 0.6) is 0 Å². The summed E-state index contributed by atoms with van der Waals surface area (Å²) in [6, 6.07) is 24.6. The van der Waals surface area contributed by atoms with E-state index >= 15 is 0 Å². The molecule has 3 aromatic carbocycles. The number of carboxylic acid groups (broad SMARTS) is 1. The average Bonchev–Trinajstić information content (AvgIpc) is 3.25. The molecule has 2 atom stereocenters. The number of nitrogens with zero attached hydrogens (tertiary/aromatic N) is 1. The number of carbonyl (C=O) groups is 3. The van der Waals surface area contributed by atoms with E-state index in [1.165, 1.54) is 4.90 Å². The minimum absolute atomic E-state index is 0.0340. The second-order valence-electron chi connectivity index (χ2n) is 8.24. The first-order valence-electron chi connectivity index (χ1n) is 11.3. The Morgan fingerprint density at radius 3 is 2.06 bits per heavy atom. The van der Waals surface area contributed by atoms with Crippen LogP contribution >= 0.6 is 0 Å². The Bertz CT molecular complexity index is 1170. The molecule has 8 heteroatoms. The van der Waals surface area contributed by atoms with Crippen LogP contribution in [-0.4, -0.2) is 35.8 Å². The van der Waals surface area contributed by atoms with Crippen molar-refractivity contribution in [3.8, 4) is 0 Å². The normalized spacial score (nSPS) is 15.1. The van der Waals surface area contributed by atoms with E-state index < -0.39 is 24.2 Å². The number of fused-ring (bicyclic) bond motifs is 1. The molecule has 0 aromatic heterocycles. The lowest BCUT2D eigenvalue weighted by Crippen LogP contribution is -2.42. The SMILES string of the molecule is O=C(N[C@@H](CC1CN(C(=O)OCc2ccccc2)c2ccccc21)C(=O)O)OCc1ccccc1. The summed E-state index contributed by atoms with van der Waals surface area (Å²) in [7, 11) is 0. The standard InChI is InChI=1S/C27H26N2O6/c30-25(31)23(28-26(32)34-17-19-9-3-1-4-10-19)15-21-16-29(24-14-8-7-13-22(21)24)27(33)35-18-20-11-5-2-6-12-20/h1-14,21,23H,15-18H2,(H,28,32)(H,30,31)/t21?,23-/m0/s1. The monoisotopic (exact) mass is 474 g/mol. The van der Waals surface area contributed by atoms with Gasteiger partial charge in [-0.2, -0.15) is 0 Å². The number of para-hydroxylation sites is 1. The Kier molecular flexibility index (Phi) is 7.62. The lowest BCUT2D eigenvalue weighted by molar-refractivity contribution is -0.139. The van der Waals surface area contributed by atoms with Crippen LogP contribution in [0, 0.1) is 0 Å². The van der Waals surface area contributed by atoms with Gasteiger partial charge in [0.1, 0.15) is 19.3 Å². The molecule has 2 N–H and O–H groups in total. The quantitative estimate of drug-likeness (QED) is 0.491. The summed E-state index contributed by atoms with van der Waals surface area (Å²) in [5.74, 6) is -1.48. The van der Waals surface area contributed by atoms with E-state index in [4.69, 9.17) is 9.47 Å². The molecule has 0 aliphatic carbocycles. The highest BCUT2D eigenvalue weighted by atomic mass is 16.6. The second kappa shape index (κ2) is 11.2. The Labute approximate surface area is 203 Å². The van der Waals surface area contributed by atoms with Crippen LogP contribution in [0.25, 0.3) is 0 Å². The van der Waals surface area contributed by atoms with E-state index in [-0.39, 0.29) is 32.1 Å². The second-order valence-corrected chi connectivity index (χ2v) is 8.24. The van der Waals surface area contributed by atoms with Gasteiger partial charge in [-0.1, -0.05) is 78.9 Å². The largest absolute Gasteiger partial charge is 0.480 e. The van der Waals surface area contributed by atoms with E-state index in [0.29, 0.717) is 5.69 Å². The van der Waals surface area contributed by atoms with Crippen LogP contribution < -0.4 is 10.2 Å². The third-order valence-corrected chi connectivity index (χ3v) is 5.82. The number of amides is 2. The van der Waals surface area contributed by atoms with Crippen LogP contribution in [-0.2, 0) is 27.5 Å². The highest BCUT2D eigenvalue weighted by Crippen LogP contribution is 2.39. The van der Waals surface area contributed by atoms with E-state index in [1.807, 2.05) is 78.9 Å². The zero-order valence-electron chi connectivity index (χ0n) is 19.0. The predicted octanol–water partition coefficient (Wildman–Crippen LogP) is 4.70. The summed E-state index contributed by atoms with van der Waals surface area (Å²) in [4.78, 5) is 38.5. The van der Waals surface area contributed by atoms with Crippen molar-refractivity contribution in [1.82, 2.24) is 5.32 Å². The fourth-order valence-electron chi connectivity index (χ4n) is 4.08. The van der Waals surface area contributed by atoms with Gasteiger partial charge in [0, 0.05) is 12.5 Å². The molecule has 1 aliphatic heterocycles. The number of aliphatic carboxylic acids is 1. The van der Waals surface area contributed by atoms with Crippen molar-refractivity contribution in [3.05, 3.63) is 102 Å². The Morgan fingerprint density at radius 1 is 0.857 bits per heavy atom. The van der Waals surface area contributed by atoms with Gasteiger partial charge in [-0.05, 0) is 29.2 Å². The lowest BCUT2D eigenvalue weighted by atomic mass is 9.94. The van der Waals surface area contributed by atoms with Crippen molar-refractivity contribution in [2.45, 2.75) is 31.6 Å². The van der Waals surface area contributed by atoms with Crippen molar-refractivity contribution in [2.24, 2.45) is 0 Å². The first-order valence-corrected chi connectivity index (χ1v) is 11.3. The highest BCUT2D eigenvalue weighted by molar-refractivity contribution is 5.91. The summed E-state index contributed by atoms with van der Waals surface area (Å²) in [5, 5.41) is 12.2. The first-order chi connectivity index (χ1) is 17.0. The van der Waals surface area contributed by atoms with E-state index in [0.717, 1.165) is 16.7 Å². The number of rotatable bonds is 8. The summed E-state index contributed by atoms with van der Waals surface area (Å²) in [6.07, 6.45) is -1.23. The molecule has 180 valence electrons. The molecule has 0 radical (unpaired) electrons. The molecule has 2 amide bonds. The molecule has 0 spiro atoms. The molecular weight excluding hydrogens is 448 g/mol. The molecule has 0 bridgehead atoms. The van der Waals surface area contributed by atoms with E-state index in [9.17, 15) is 19.5 Å². The molecule has 0 saturated carbocycles. The summed E-state index contributed by atoms with van der Waals surface area (Å²) >= 11 is 0. The summed E-state index contributed by atoms with van der Waals surface area (Å²) in [5.41, 5.74) is 3.17. The van der Waals surface area contributed by atoms with Gasteiger partial charge >= 0.3 is 18.2 Å². The fourth-order valence-corrected chi connectivity index (χ4v) is 4.08. The minimum atomic E-state index is -1.18. The van der Waals surface area contributed by atoms with Crippen molar-refractivity contribution in [2.75, 3.05) is 11.4 Å². The van der Waals surface area contributed by atoms with Gasteiger partial charge in [-0.25, -0.2) is 14.4 Å². The molecule has 4 rings (SSSR count). The number of hydrogen-bond acceptors (Lipinski definition) is 5. The number of carbonyl (C=O) groups excluding carboxylic acids is 2. The van der Waals surface area contributed by atoms with Crippen molar-refractivity contribution < 1.29 is 29.0 Å². The van der Waals surface area contributed by atoms with Crippen LogP contribution in [0.4, 0.5) is 15.3 Å². The van der Waals surface area contributed by atoms with Crippen LogP contribution in [0.2, 0.25) is 0 Å². The van der Waals surface area contributed by atoms with Crippen molar-refractivity contribution in [3.63, 3.8) is 0 Å². The van der Waals surface area contributed by atoms with Gasteiger partial charge in [0.25, 0.3) is 0 Å². The number of hydrogen-bond donors (Lipinski definition) is 2. The smallest absolute Gasteiger partial charge is 0.414 e. The molecule has 0 fully saturated rings. The molecule has 1 aliphatic rings. The maximum absolute atomic E-state index is 12.8. The summed E-state index contributed by atoms with van der Waals surface area (Å²) in [6.45, 7) is 0.416. The molecule has 1 unspecified atom stereocenters. The summed E-state index contributed by atoms with van der Waals surface area (Å²) < 4.78 is 10.7. The molecule has 3 aromatic rings. The molecular formula is C27H26N2O6. The predicted molar refractivity (Wildman–Crippen MR) is 129 cm³/mol. The molecule has 1 heterocycles. The molecule has 35 heavy (non-hydrogen) atoms. The number of benzene rings is 3. The van der Waals surface area contributed by atoms with Crippen LogP contribution in [0.3, 0.4) is 0 Å². The number of nitrogens with one attached hydrogen (secondary N) is 1. The Balaban J connectivity index is 1.39. The zero-order valence-corrected chi connectivity index (χ0v) is 19.0. The topological polar surface area (TPSA) is 105 Å². The third kappa shape index (κ3) is 6.17. The van der Waals surface area contributed by atoms with Gasteiger partial charge in [-0.15, -0.1) is 0 Å². The van der Waals surface area contributed by atoms with E-state index in [2.05, 4.69) is 5.32 Å². The average molecular weight is 475 g/mol. The van der Waals surface area contributed by atoms with Gasteiger partial charge in [0.05, 0.1) is 5.69 Å². The number of anilines is 1. The maximum Gasteiger partial charge on any atom is 0.414 e. The van der Waals surface area contributed by atoms with Crippen LogP contribution in [0.1, 0.15) is 29.0 Å². The van der Waals surface area contributed by atoms with Crippen molar-refractivity contribution in [1.29, 1.82) is 0 Å². The lowest BCUT2D eigenvalue weighted by Gasteiger charge is -2.20. The molecule has 8 nitrogen and oxygen atoms in total. The third-order valence-electron chi connectivity index (χ3n) is 5.82. The Morgan fingerprint density at radius 2 is 1.43 bits per heavy atom. The van der Waals surface area contributed by atoms with Gasteiger partial charge in [0.2, 0.25) is 0 Å². The number of carboxylic acids is 1. The van der Waals surface area contributed by atoms with Gasteiger partial charge < -0.3 is 19.9 Å². The minimum Gasteiger partial charge on any atom is -0.480 e. The van der Waals surface area contributed by atoms with Gasteiger partial charge in [0.15, 0.2) is 0 Å². The number of ether oxygens (including phenoxy) is 2. The molecule has 0 saturated heterocycles. The Hall–Kier alpha value is -4.33. The van der Waals surface area contributed by atoms with Crippen molar-refractivity contribution >= 4 is 23.8 Å².